The van der Waals surface area contributed by atoms with Crippen molar-refractivity contribution in [3.05, 3.63) is 52.6 Å². The van der Waals surface area contributed by atoms with Crippen LogP contribution in [0.2, 0.25) is 5.02 Å². The lowest BCUT2D eigenvalue weighted by Gasteiger charge is -2.42. The summed E-state index contributed by atoms with van der Waals surface area (Å²) in [4.78, 5) is 3.12. The highest BCUT2D eigenvalue weighted by atomic mass is 35.5. The third-order valence-corrected chi connectivity index (χ3v) is 9.80. The van der Waals surface area contributed by atoms with Crippen LogP contribution in [-0.2, 0) is 15.4 Å². The van der Waals surface area contributed by atoms with Gasteiger partial charge in [-0.2, -0.15) is 15.0 Å². The van der Waals surface area contributed by atoms with Crippen LogP contribution in [-0.4, -0.2) is 39.7 Å². The third kappa shape index (κ3) is 3.27. The molecule has 1 atom stereocenters. The molecule has 2 N–H and O–H groups in total. The van der Waals surface area contributed by atoms with Gasteiger partial charge >= 0.3 is 0 Å². The molecule has 152 valence electrons. The van der Waals surface area contributed by atoms with E-state index in [1.807, 2.05) is 30.3 Å². The van der Waals surface area contributed by atoms with Crippen LogP contribution in [0.1, 0.15) is 25.6 Å². The Morgan fingerprint density at radius 3 is 2.55 bits per heavy atom. The molecule has 0 saturated carbocycles. The van der Waals surface area contributed by atoms with E-state index in [0.29, 0.717) is 9.90 Å². The monoisotopic (exact) mass is 449 g/mol. The van der Waals surface area contributed by atoms with Crippen molar-refractivity contribution >= 4 is 38.6 Å². The lowest BCUT2D eigenvalue weighted by molar-refractivity contribution is 0.450. The van der Waals surface area contributed by atoms with E-state index in [0.717, 1.165) is 16.1 Å². The minimum Gasteiger partial charge on any atom is -0.362 e. The normalized spacial score (nSPS) is 23.0. The Balaban J connectivity index is 1.74. The smallest absolute Gasteiger partial charge is 0.165 e. The molecule has 0 bridgehead atoms. The topological polar surface area (TPSA) is 101 Å². The second-order valence-corrected chi connectivity index (χ2v) is 11.8. The van der Waals surface area contributed by atoms with E-state index >= 15 is 0 Å². The quantitative estimate of drug-likeness (QED) is 0.635. The number of aromatic nitrogens is 3. The highest BCUT2D eigenvalue weighted by molar-refractivity contribution is 7.93. The summed E-state index contributed by atoms with van der Waals surface area (Å²) in [7, 11) is -3.53. The molecule has 29 heavy (non-hydrogen) atoms. The van der Waals surface area contributed by atoms with Crippen molar-refractivity contribution in [3.63, 3.8) is 0 Å². The number of halogens is 1. The second kappa shape index (κ2) is 6.65. The van der Waals surface area contributed by atoms with Crippen LogP contribution in [0.3, 0.4) is 0 Å². The van der Waals surface area contributed by atoms with Crippen LogP contribution in [0.4, 0.5) is 0 Å². The Bertz CT molecular complexity index is 1200. The highest BCUT2D eigenvalue weighted by Crippen LogP contribution is 2.44. The molecule has 1 aliphatic rings. The first-order valence-electron chi connectivity index (χ1n) is 8.90. The van der Waals surface area contributed by atoms with Crippen molar-refractivity contribution in [3.8, 4) is 16.1 Å². The lowest BCUT2D eigenvalue weighted by atomic mass is 10.00. The zero-order chi connectivity index (χ0) is 21.0. The van der Waals surface area contributed by atoms with E-state index < -0.39 is 20.1 Å². The Kier molecular flexibility index (Phi) is 4.60. The minimum absolute atomic E-state index is 0.0241. The number of benzene rings is 1. The Morgan fingerprint density at radius 2 is 1.90 bits per heavy atom. The Hall–Kier alpha value is -2.23. The maximum atomic E-state index is 12.8. The number of sulfone groups is 1. The molecule has 7 nitrogen and oxygen atoms in total. The van der Waals surface area contributed by atoms with Gasteiger partial charge in [0.1, 0.15) is 10.6 Å². The molecular formula is C19H20ClN5O2S2. The molecule has 10 heteroatoms. The standard InChI is InChI=1S/C19H20ClN5O2S2/c1-18(2)17(21)24-19(3,11-29(18,26)27)16-14(20)10-15(28-16)12-5-4-6-13(9-12)25-22-7-8-23-25/h4-10H,11H2,1-3H3,(H2,21,24)/t19-/m0/s1. The van der Waals surface area contributed by atoms with Crippen molar-refractivity contribution in [2.45, 2.75) is 31.1 Å². The van der Waals surface area contributed by atoms with Gasteiger partial charge in [0.25, 0.3) is 0 Å². The number of rotatable bonds is 3. The maximum Gasteiger partial charge on any atom is 0.165 e. The van der Waals surface area contributed by atoms with Crippen molar-refractivity contribution < 1.29 is 8.42 Å². The molecule has 1 saturated heterocycles. The van der Waals surface area contributed by atoms with Gasteiger partial charge in [0.2, 0.25) is 0 Å². The molecule has 3 aromatic rings. The fourth-order valence-corrected chi connectivity index (χ4v) is 6.76. The van der Waals surface area contributed by atoms with Crippen LogP contribution >= 0.6 is 22.9 Å². The summed E-state index contributed by atoms with van der Waals surface area (Å²) >= 11 is 7.97. The van der Waals surface area contributed by atoms with Gasteiger partial charge in [0, 0.05) is 9.75 Å². The van der Waals surface area contributed by atoms with Gasteiger partial charge in [-0.15, -0.1) is 11.3 Å². The first kappa shape index (κ1) is 20.1. The number of amidine groups is 1. The van der Waals surface area contributed by atoms with Crippen LogP contribution < -0.4 is 5.32 Å². The molecule has 4 rings (SSSR count). The first-order chi connectivity index (χ1) is 13.5. The summed E-state index contributed by atoms with van der Waals surface area (Å²) in [5.41, 5.74) is 0.773. The molecule has 0 amide bonds. The molecule has 1 fully saturated rings. The summed E-state index contributed by atoms with van der Waals surface area (Å²) in [6.07, 6.45) is 3.22. The van der Waals surface area contributed by atoms with Gasteiger partial charge in [0.05, 0.1) is 34.4 Å². The molecule has 0 aliphatic carbocycles. The van der Waals surface area contributed by atoms with Crippen molar-refractivity contribution in [1.82, 2.24) is 20.3 Å². The molecule has 0 radical (unpaired) electrons. The van der Waals surface area contributed by atoms with Crippen LogP contribution in [0, 0.1) is 5.41 Å². The largest absolute Gasteiger partial charge is 0.362 e. The minimum atomic E-state index is -3.53. The molecule has 1 aliphatic heterocycles. The molecule has 1 aromatic carbocycles. The second-order valence-electron chi connectivity index (χ2n) is 7.76. The fourth-order valence-electron chi connectivity index (χ4n) is 3.32. The molecule has 3 heterocycles. The van der Waals surface area contributed by atoms with Gasteiger partial charge in [-0.1, -0.05) is 23.7 Å². The Labute approximate surface area is 178 Å². The van der Waals surface area contributed by atoms with Gasteiger partial charge in [-0.3, -0.25) is 5.41 Å². The SMILES string of the molecule is CC1(C)C(=N)N[C@](C)(c2sc(-c3cccc(-n4nccn4)c3)cc2Cl)CS1(=O)=O. The number of hydrogen-bond acceptors (Lipinski definition) is 6. The number of hydrogen-bond donors (Lipinski definition) is 2. The van der Waals surface area contributed by atoms with E-state index in [9.17, 15) is 8.42 Å². The summed E-state index contributed by atoms with van der Waals surface area (Å²) in [6, 6.07) is 9.55. The first-order valence-corrected chi connectivity index (χ1v) is 11.7. The summed E-state index contributed by atoms with van der Waals surface area (Å²) in [5.74, 6) is -0.157. The van der Waals surface area contributed by atoms with E-state index in [4.69, 9.17) is 17.0 Å². The van der Waals surface area contributed by atoms with E-state index in [1.54, 1.807) is 33.2 Å². The van der Waals surface area contributed by atoms with Crippen LogP contribution in [0.15, 0.2) is 42.7 Å². The summed E-state index contributed by atoms with van der Waals surface area (Å²) in [6.45, 7) is 4.88. The maximum absolute atomic E-state index is 12.8. The van der Waals surface area contributed by atoms with Crippen LogP contribution in [0.25, 0.3) is 16.1 Å². The molecular weight excluding hydrogens is 430 g/mol. The number of nitrogens with one attached hydrogen (secondary N) is 2. The lowest BCUT2D eigenvalue weighted by Crippen LogP contribution is -2.63. The number of thiophene rings is 1. The zero-order valence-corrected chi connectivity index (χ0v) is 18.5. The highest BCUT2D eigenvalue weighted by Gasteiger charge is 2.51. The van der Waals surface area contributed by atoms with Crippen molar-refractivity contribution in [1.29, 1.82) is 5.41 Å². The summed E-state index contributed by atoms with van der Waals surface area (Å²) in [5, 5.41) is 20.1. The van der Waals surface area contributed by atoms with Gasteiger partial charge in [-0.25, -0.2) is 8.42 Å². The predicted octanol–water partition coefficient (Wildman–Crippen LogP) is 3.64. The van der Waals surface area contributed by atoms with E-state index in [-0.39, 0.29) is 11.6 Å². The van der Waals surface area contributed by atoms with E-state index in [2.05, 4.69) is 15.5 Å². The van der Waals surface area contributed by atoms with Gasteiger partial charge < -0.3 is 5.32 Å². The number of nitrogens with zero attached hydrogens (tertiary/aromatic N) is 3. The molecule has 2 aromatic heterocycles. The predicted molar refractivity (Wildman–Crippen MR) is 116 cm³/mol. The Morgan fingerprint density at radius 1 is 1.21 bits per heavy atom. The van der Waals surface area contributed by atoms with Gasteiger partial charge in [0.15, 0.2) is 9.84 Å². The average Bonchev–Trinajstić information content (AvgIpc) is 3.30. The van der Waals surface area contributed by atoms with E-state index in [1.165, 1.54) is 16.1 Å². The molecule has 0 unspecified atom stereocenters. The zero-order valence-electron chi connectivity index (χ0n) is 16.1. The molecule has 0 spiro atoms. The van der Waals surface area contributed by atoms with Gasteiger partial charge in [-0.05, 0) is 44.5 Å². The average molecular weight is 450 g/mol. The van der Waals surface area contributed by atoms with Crippen LogP contribution in [0.5, 0.6) is 0 Å². The summed E-state index contributed by atoms with van der Waals surface area (Å²) < 4.78 is 24.4. The third-order valence-electron chi connectivity index (χ3n) is 5.23. The van der Waals surface area contributed by atoms with Crippen molar-refractivity contribution in [2.75, 3.05) is 5.75 Å². The van der Waals surface area contributed by atoms with Crippen molar-refractivity contribution in [2.24, 2.45) is 0 Å². The fraction of sp³-hybridized carbons (Fsp3) is 0.316.